The summed E-state index contributed by atoms with van der Waals surface area (Å²) in [6.45, 7) is 0.486. The normalized spacial score (nSPS) is 19.5. The minimum atomic E-state index is -4.29. The van der Waals surface area contributed by atoms with Crippen molar-refractivity contribution in [3.05, 3.63) is 12.2 Å². The van der Waals surface area contributed by atoms with Crippen molar-refractivity contribution in [3.63, 3.8) is 0 Å². The second kappa shape index (κ2) is 4.02. The van der Waals surface area contributed by atoms with Gasteiger partial charge in [0.1, 0.15) is 18.2 Å². The lowest BCUT2D eigenvalue weighted by atomic mass is 10.2. The molecule has 0 aliphatic carbocycles. The Kier molecular flexibility index (Phi) is 2.85. The smallest absolute Gasteiger partial charge is 0.329 e. The SMILES string of the molecule is NCC(N1CCn2cnnc2C1)C(F)(F)F. The molecule has 1 aromatic rings. The molecule has 0 aromatic carbocycles. The quantitative estimate of drug-likeness (QED) is 0.782. The average Bonchev–Trinajstić information content (AvgIpc) is 2.63. The van der Waals surface area contributed by atoms with E-state index in [0.29, 0.717) is 18.9 Å². The minimum Gasteiger partial charge on any atom is -0.329 e. The van der Waals surface area contributed by atoms with Crippen molar-refractivity contribution in [1.29, 1.82) is 0 Å². The van der Waals surface area contributed by atoms with Crippen LogP contribution in [-0.4, -0.2) is 45.0 Å². The van der Waals surface area contributed by atoms with Gasteiger partial charge < -0.3 is 10.3 Å². The van der Waals surface area contributed by atoms with Crippen LogP contribution in [0.2, 0.25) is 0 Å². The summed E-state index contributed by atoms with van der Waals surface area (Å²) < 4.78 is 39.7. The molecular weight excluding hydrogens is 223 g/mol. The van der Waals surface area contributed by atoms with Crippen molar-refractivity contribution in [1.82, 2.24) is 19.7 Å². The lowest BCUT2D eigenvalue weighted by molar-refractivity contribution is -0.184. The number of rotatable bonds is 2. The molecule has 2 heterocycles. The van der Waals surface area contributed by atoms with Gasteiger partial charge in [0.2, 0.25) is 0 Å². The number of aromatic nitrogens is 3. The molecule has 0 saturated carbocycles. The summed E-state index contributed by atoms with van der Waals surface area (Å²) in [5, 5.41) is 7.43. The van der Waals surface area contributed by atoms with Crippen LogP contribution in [0.3, 0.4) is 0 Å². The van der Waals surface area contributed by atoms with Gasteiger partial charge >= 0.3 is 6.18 Å². The van der Waals surface area contributed by atoms with Crippen molar-refractivity contribution in [2.45, 2.75) is 25.3 Å². The number of nitrogens with two attached hydrogens (primary N) is 1. The summed E-state index contributed by atoms with van der Waals surface area (Å²) in [7, 11) is 0. The van der Waals surface area contributed by atoms with Gasteiger partial charge in [-0.05, 0) is 0 Å². The summed E-state index contributed by atoms with van der Waals surface area (Å²) in [4.78, 5) is 1.30. The van der Waals surface area contributed by atoms with E-state index < -0.39 is 18.8 Å². The van der Waals surface area contributed by atoms with Gasteiger partial charge in [-0.15, -0.1) is 10.2 Å². The number of fused-ring (bicyclic) bond motifs is 1. The highest BCUT2D eigenvalue weighted by molar-refractivity contribution is 4.93. The Morgan fingerprint density at radius 3 is 2.81 bits per heavy atom. The Hall–Kier alpha value is -1.15. The zero-order valence-electron chi connectivity index (χ0n) is 8.48. The van der Waals surface area contributed by atoms with Crippen molar-refractivity contribution in [2.24, 2.45) is 5.73 Å². The molecule has 16 heavy (non-hydrogen) atoms. The molecule has 0 fully saturated rings. The van der Waals surface area contributed by atoms with Gasteiger partial charge in [0.25, 0.3) is 0 Å². The molecule has 0 amide bonds. The highest BCUT2D eigenvalue weighted by atomic mass is 19.4. The Morgan fingerprint density at radius 1 is 1.44 bits per heavy atom. The van der Waals surface area contributed by atoms with E-state index in [4.69, 9.17) is 5.73 Å². The van der Waals surface area contributed by atoms with Gasteiger partial charge in [0.05, 0.1) is 6.54 Å². The lowest BCUT2D eigenvalue weighted by Crippen LogP contribution is -2.52. The molecule has 0 bridgehead atoms. The van der Waals surface area contributed by atoms with Crippen LogP contribution in [0.4, 0.5) is 13.2 Å². The third kappa shape index (κ3) is 2.03. The molecule has 1 unspecified atom stereocenters. The van der Waals surface area contributed by atoms with Gasteiger partial charge in [-0.3, -0.25) is 4.90 Å². The van der Waals surface area contributed by atoms with E-state index in [1.807, 2.05) is 0 Å². The molecule has 0 radical (unpaired) electrons. The molecule has 1 aliphatic heterocycles. The maximum atomic E-state index is 12.6. The molecule has 1 atom stereocenters. The molecule has 8 heteroatoms. The molecule has 5 nitrogen and oxygen atoms in total. The molecule has 2 rings (SSSR count). The number of halogens is 3. The van der Waals surface area contributed by atoms with E-state index in [2.05, 4.69) is 10.2 Å². The lowest BCUT2D eigenvalue weighted by Gasteiger charge is -2.34. The first-order chi connectivity index (χ1) is 7.52. The summed E-state index contributed by atoms with van der Waals surface area (Å²) >= 11 is 0. The predicted octanol–water partition coefficient (Wildman–Crippen LogP) is -0.0167. The van der Waals surface area contributed by atoms with Gasteiger partial charge in [0, 0.05) is 19.6 Å². The van der Waals surface area contributed by atoms with E-state index in [9.17, 15) is 13.2 Å². The van der Waals surface area contributed by atoms with E-state index in [1.165, 1.54) is 11.2 Å². The number of hydrogen-bond donors (Lipinski definition) is 1. The van der Waals surface area contributed by atoms with Crippen LogP contribution in [0, 0.1) is 0 Å². The van der Waals surface area contributed by atoms with E-state index in [1.54, 1.807) is 4.57 Å². The van der Waals surface area contributed by atoms with Crippen LogP contribution < -0.4 is 5.73 Å². The molecular formula is C8H12F3N5. The topological polar surface area (TPSA) is 60.0 Å². The van der Waals surface area contributed by atoms with Crippen molar-refractivity contribution in [2.75, 3.05) is 13.1 Å². The number of nitrogens with zero attached hydrogens (tertiary/aromatic N) is 4. The second-order valence-corrected chi connectivity index (χ2v) is 3.70. The van der Waals surface area contributed by atoms with Crippen molar-refractivity contribution in [3.8, 4) is 0 Å². The predicted molar refractivity (Wildman–Crippen MR) is 49.3 cm³/mol. The largest absolute Gasteiger partial charge is 0.405 e. The highest BCUT2D eigenvalue weighted by Crippen LogP contribution is 2.26. The van der Waals surface area contributed by atoms with E-state index >= 15 is 0 Å². The van der Waals surface area contributed by atoms with E-state index in [0.717, 1.165) is 0 Å². The van der Waals surface area contributed by atoms with Crippen LogP contribution in [0.25, 0.3) is 0 Å². The minimum absolute atomic E-state index is 0.140. The Bertz CT molecular complexity index is 361. The Morgan fingerprint density at radius 2 is 2.19 bits per heavy atom. The monoisotopic (exact) mass is 235 g/mol. The number of alkyl halides is 3. The second-order valence-electron chi connectivity index (χ2n) is 3.70. The molecule has 1 aromatic heterocycles. The summed E-state index contributed by atoms with van der Waals surface area (Å²) in [6, 6.07) is -1.60. The van der Waals surface area contributed by atoms with Crippen LogP contribution in [0.5, 0.6) is 0 Å². The van der Waals surface area contributed by atoms with Crippen LogP contribution >= 0.6 is 0 Å². The van der Waals surface area contributed by atoms with Crippen molar-refractivity contribution < 1.29 is 13.2 Å². The fourth-order valence-electron chi connectivity index (χ4n) is 1.84. The van der Waals surface area contributed by atoms with Crippen LogP contribution in [0.1, 0.15) is 5.82 Å². The summed E-state index contributed by atoms with van der Waals surface area (Å²) in [5.41, 5.74) is 5.18. The Balaban J connectivity index is 2.13. The first-order valence-corrected chi connectivity index (χ1v) is 4.90. The highest BCUT2D eigenvalue weighted by Gasteiger charge is 2.43. The van der Waals surface area contributed by atoms with Gasteiger partial charge in [-0.2, -0.15) is 13.2 Å². The first kappa shape index (κ1) is 11.3. The molecule has 0 saturated heterocycles. The van der Waals surface area contributed by atoms with Gasteiger partial charge in [0.15, 0.2) is 0 Å². The zero-order valence-corrected chi connectivity index (χ0v) is 8.48. The summed E-state index contributed by atoms with van der Waals surface area (Å²) in [6.07, 6.45) is -2.77. The average molecular weight is 235 g/mol. The van der Waals surface area contributed by atoms with Gasteiger partial charge in [-0.1, -0.05) is 0 Å². The van der Waals surface area contributed by atoms with Gasteiger partial charge in [-0.25, -0.2) is 0 Å². The maximum absolute atomic E-state index is 12.6. The third-order valence-corrected chi connectivity index (χ3v) is 2.71. The molecule has 0 spiro atoms. The molecule has 90 valence electrons. The third-order valence-electron chi connectivity index (χ3n) is 2.71. The maximum Gasteiger partial charge on any atom is 0.405 e. The van der Waals surface area contributed by atoms with E-state index in [-0.39, 0.29) is 6.54 Å². The first-order valence-electron chi connectivity index (χ1n) is 4.90. The number of hydrogen-bond acceptors (Lipinski definition) is 4. The van der Waals surface area contributed by atoms with Crippen LogP contribution in [0.15, 0.2) is 6.33 Å². The fourth-order valence-corrected chi connectivity index (χ4v) is 1.84. The molecule has 1 aliphatic rings. The fraction of sp³-hybridized carbons (Fsp3) is 0.750. The Labute approximate surface area is 90.0 Å². The summed E-state index contributed by atoms with van der Waals surface area (Å²) in [5.74, 6) is 0.550. The molecule has 2 N–H and O–H groups in total. The standard InChI is InChI=1S/C8H12F3N5/c9-8(10,11)6(3-12)15-1-2-16-5-13-14-7(16)4-15/h5-6H,1-4,12H2. The van der Waals surface area contributed by atoms with Crippen LogP contribution in [-0.2, 0) is 13.1 Å². The van der Waals surface area contributed by atoms with Crippen molar-refractivity contribution >= 4 is 0 Å². The zero-order chi connectivity index (χ0) is 11.8.